The predicted octanol–water partition coefficient (Wildman–Crippen LogP) is -0.423. The molecule has 1 aliphatic heterocycles. The average Bonchev–Trinajstić information content (AvgIpc) is 1.88. The predicted molar refractivity (Wildman–Crippen MR) is 34.6 cm³/mol. The molecule has 0 aromatic rings. The van der Waals surface area contributed by atoms with E-state index in [1.54, 1.807) is 0 Å². The average molecular weight is 145 g/mol. The van der Waals surface area contributed by atoms with E-state index in [0.717, 1.165) is 6.42 Å². The lowest BCUT2D eigenvalue weighted by atomic mass is 10.1. The lowest BCUT2D eigenvalue weighted by molar-refractivity contribution is -0.153. The third-order valence-corrected chi connectivity index (χ3v) is 1.59. The van der Waals surface area contributed by atoms with E-state index in [1.165, 1.54) is 0 Å². The second-order valence-electron chi connectivity index (χ2n) is 2.50. The number of hydrogen-bond donors (Lipinski definition) is 2. The SMILES string of the molecule is NC1CCC(C(=O)O)OC1. The van der Waals surface area contributed by atoms with E-state index in [2.05, 4.69) is 0 Å². The molecular formula is C6H11NO3. The van der Waals surface area contributed by atoms with Crippen molar-refractivity contribution in [3.8, 4) is 0 Å². The van der Waals surface area contributed by atoms with Crippen LogP contribution in [0.2, 0.25) is 0 Å². The summed E-state index contributed by atoms with van der Waals surface area (Å²) in [7, 11) is 0. The van der Waals surface area contributed by atoms with Gasteiger partial charge in [-0.25, -0.2) is 4.79 Å². The summed E-state index contributed by atoms with van der Waals surface area (Å²) in [5.74, 6) is -0.882. The number of carboxylic acid groups (broad SMARTS) is 1. The van der Waals surface area contributed by atoms with Gasteiger partial charge in [0.15, 0.2) is 6.10 Å². The van der Waals surface area contributed by atoms with E-state index in [9.17, 15) is 4.79 Å². The number of aliphatic carboxylic acids is 1. The summed E-state index contributed by atoms with van der Waals surface area (Å²) >= 11 is 0. The molecule has 2 atom stereocenters. The van der Waals surface area contributed by atoms with Gasteiger partial charge in [0, 0.05) is 6.04 Å². The minimum Gasteiger partial charge on any atom is -0.479 e. The molecule has 4 heteroatoms. The molecule has 2 unspecified atom stereocenters. The standard InChI is InChI=1S/C6H11NO3/c7-4-1-2-5(6(8)9)10-3-4/h4-5H,1-3,7H2,(H,8,9). The first-order valence-corrected chi connectivity index (χ1v) is 3.30. The van der Waals surface area contributed by atoms with Gasteiger partial charge in [-0.1, -0.05) is 0 Å². The van der Waals surface area contributed by atoms with Gasteiger partial charge in [-0.2, -0.15) is 0 Å². The van der Waals surface area contributed by atoms with Gasteiger partial charge < -0.3 is 15.6 Å². The largest absolute Gasteiger partial charge is 0.479 e. The molecule has 0 aromatic carbocycles. The van der Waals surface area contributed by atoms with Crippen molar-refractivity contribution >= 4 is 5.97 Å². The lowest BCUT2D eigenvalue weighted by Gasteiger charge is -2.23. The van der Waals surface area contributed by atoms with Gasteiger partial charge in [0.1, 0.15) is 0 Å². The Bertz CT molecular complexity index is 129. The highest BCUT2D eigenvalue weighted by Crippen LogP contribution is 2.11. The maximum Gasteiger partial charge on any atom is 0.332 e. The molecule has 1 rings (SSSR count). The molecule has 0 amide bonds. The Labute approximate surface area is 59.0 Å². The number of ether oxygens (including phenoxy) is 1. The van der Waals surface area contributed by atoms with E-state index < -0.39 is 12.1 Å². The van der Waals surface area contributed by atoms with Crippen molar-refractivity contribution < 1.29 is 14.6 Å². The molecule has 10 heavy (non-hydrogen) atoms. The second-order valence-corrected chi connectivity index (χ2v) is 2.50. The topological polar surface area (TPSA) is 72.6 Å². The highest BCUT2D eigenvalue weighted by molar-refractivity contribution is 5.72. The molecule has 1 saturated heterocycles. The zero-order chi connectivity index (χ0) is 7.56. The van der Waals surface area contributed by atoms with Crippen LogP contribution in [0.3, 0.4) is 0 Å². The van der Waals surface area contributed by atoms with E-state index in [-0.39, 0.29) is 6.04 Å². The fourth-order valence-electron chi connectivity index (χ4n) is 0.967. The highest BCUT2D eigenvalue weighted by Gasteiger charge is 2.24. The summed E-state index contributed by atoms with van der Waals surface area (Å²) in [6.07, 6.45) is 0.660. The normalized spacial score (nSPS) is 33.7. The molecule has 0 bridgehead atoms. The number of carboxylic acids is 1. The van der Waals surface area contributed by atoms with Crippen molar-refractivity contribution in [2.24, 2.45) is 5.73 Å². The van der Waals surface area contributed by atoms with E-state index in [0.29, 0.717) is 13.0 Å². The second kappa shape index (κ2) is 2.98. The van der Waals surface area contributed by atoms with Crippen molar-refractivity contribution in [2.45, 2.75) is 25.0 Å². The Morgan fingerprint density at radius 3 is 2.70 bits per heavy atom. The summed E-state index contributed by atoms with van der Waals surface area (Å²) in [5.41, 5.74) is 5.48. The van der Waals surface area contributed by atoms with Gasteiger partial charge in [0.05, 0.1) is 6.61 Å². The fourth-order valence-corrected chi connectivity index (χ4v) is 0.967. The van der Waals surface area contributed by atoms with Crippen molar-refractivity contribution in [2.75, 3.05) is 6.61 Å². The maximum absolute atomic E-state index is 10.3. The van der Waals surface area contributed by atoms with Gasteiger partial charge >= 0.3 is 5.97 Å². The van der Waals surface area contributed by atoms with Crippen LogP contribution in [0.4, 0.5) is 0 Å². The van der Waals surface area contributed by atoms with Crippen LogP contribution in [0.5, 0.6) is 0 Å². The van der Waals surface area contributed by atoms with Crippen LogP contribution in [0.1, 0.15) is 12.8 Å². The minimum atomic E-state index is -0.882. The minimum absolute atomic E-state index is 0.0237. The number of carbonyl (C=O) groups is 1. The van der Waals surface area contributed by atoms with Gasteiger partial charge in [0.25, 0.3) is 0 Å². The highest BCUT2D eigenvalue weighted by atomic mass is 16.5. The third-order valence-electron chi connectivity index (χ3n) is 1.59. The summed E-state index contributed by atoms with van der Waals surface area (Å²) in [6, 6.07) is 0.0237. The lowest BCUT2D eigenvalue weighted by Crippen LogP contribution is -2.38. The molecule has 0 aliphatic carbocycles. The third kappa shape index (κ3) is 1.68. The fraction of sp³-hybridized carbons (Fsp3) is 0.833. The van der Waals surface area contributed by atoms with Crippen LogP contribution in [-0.2, 0) is 9.53 Å². The molecule has 3 N–H and O–H groups in total. The van der Waals surface area contributed by atoms with Crippen LogP contribution in [-0.4, -0.2) is 29.8 Å². The van der Waals surface area contributed by atoms with Crippen LogP contribution in [0.15, 0.2) is 0 Å². The van der Waals surface area contributed by atoms with Crippen molar-refractivity contribution in [3.63, 3.8) is 0 Å². The van der Waals surface area contributed by atoms with Crippen LogP contribution >= 0.6 is 0 Å². The Balaban J connectivity index is 2.33. The smallest absolute Gasteiger partial charge is 0.332 e. The van der Waals surface area contributed by atoms with Crippen molar-refractivity contribution in [1.82, 2.24) is 0 Å². The van der Waals surface area contributed by atoms with Gasteiger partial charge in [-0.05, 0) is 12.8 Å². The molecule has 0 saturated carbocycles. The summed E-state index contributed by atoms with van der Waals surface area (Å²) < 4.78 is 4.93. The van der Waals surface area contributed by atoms with Gasteiger partial charge in [-0.15, -0.1) is 0 Å². The molecule has 0 aromatic heterocycles. The Kier molecular flexibility index (Phi) is 2.24. The zero-order valence-corrected chi connectivity index (χ0v) is 5.62. The Morgan fingerprint density at radius 1 is 1.60 bits per heavy atom. The first-order valence-electron chi connectivity index (χ1n) is 3.30. The number of hydrogen-bond acceptors (Lipinski definition) is 3. The van der Waals surface area contributed by atoms with E-state index in [4.69, 9.17) is 15.6 Å². The quantitative estimate of drug-likeness (QED) is 0.525. The molecule has 1 aliphatic rings. The molecule has 0 spiro atoms. The Morgan fingerprint density at radius 2 is 2.30 bits per heavy atom. The molecular weight excluding hydrogens is 134 g/mol. The zero-order valence-electron chi connectivity index (χ0n) is 5.62. The van der Waals surface area contributed by atoms with Gasteiger partial charge in [0.2, 0.25) is 0 Å². The number of rotatable bonds is 1. The van der Waals surface area contributed by atoms with Crippen molar-refractivity contribution in [1.29, 1.82) is 0 Å². The molecule has 1 fully saturated rings. The molecule has 4 nitrogen and oxygen atoms in total. The van der Waals surface area contributed by atoms with E-state index >= 15 is 0 Å². The van der Waals surface area contributed by atoms with Gasteiger partial charge in [-0.3, -0.25) is 0 Å². The van der Waals surface area contributed by atoms with Crippen LogP contribution < -0.4 is 5.73 Å². The first-order chi connectivity index (χ1) is 4.70. The Hall–Kier alpha value is -0.610. The molecule has 0 radical (unpaired) electrons. The van der Waals surface area contributed by atoms with Crippen LogP contribution in [0, 0.1) is 0 Å². The monoisotopic (exact) mass is 145 g/mol. The summed E-state index contributed by atoms with van der Waals surface area (Å²) in [5, 5.41) is 8.46. The first kappa shape index (κ1) is 7.50. The maximum atomic E-state index is 10.3. The summed E-state index contributed by atoms with van der Waals surface area (Å²) in [6.45, 7) is 0.372. The molecule has 1 heterocycles. The number of nitrogens with two attached hydrogens (primary N) is 1. The van der Waals surface area contributed by atoms with E-state index in [1.807, 2.05) is 0 Å². The van der Waals surface area contributed by atoms with Crippen LogP contribution in [0.25, 0.3) is 0 Å². The molecule has 58 valence electrons. The van der Waals surface area contributed by atoms with Crippen molar-refractivity contribution in [3.05, 3.63) is 0 Å². The summed E-state index contributed by atoms with van der Waals surface area (Å²) in [4.78, 5) is 10.3.